The molecule has 1 unspecified atom stereocenters. The van der Waals surface area contributed by atoms with Gasteiger partial charge in [0, 0.05) is 55.6 Å². The Morgan fingerprint density at radius 2 is 1.31 bits per heavy atom. The number of halogens is 1. The number of imide groups is 2. The van der Waals surface area contributed by atoms with Crippen molar-refractivity contribution in [3.05, 3.63) is 131 Å². The van der Waals surface area contributed by atoms with Crippen LogP contribution in [0.2, 0.25) is 0 Å². The fourth-order valence-electron chi connectivity index (χ4n) is 10.5. The number of nitrogens with one attached hydrogen (secondary N) is 2. The van der Waals surface area contributed by atoms with Crippen LogP contribution < -0.4 is 20.1 Å². The van der Waals surface area contributed by atoms with Gasteiger partial charge in [0.2, 0.25) is 17.7 Å². The number of carbonyl (C=O) groups is 8. The predicted molar refractivity (Wildman–Crippen MR) is 322 cm³/mol. The average molecular weight is 1240 g/mol. The molecule has 5 aromatic rings. The number of aliphatic hydroxyl groups is 2. The Kier molecular flexibility index (Phi) is 27.1. The van der Waals surface area contributed by atoms with Crippen LogP contribution >= 0.6 is 0 Å². The number of carbonyl (C=O) groups excluding carboxylic acids is 7. The highest BCUT2D eigenvalue weighted by molar-refractivity contribution is 6.24. The fraction of sp³-hybridized carbons (Fsp3) is 0.455. The molecule has 89 heavy (non-hydrogen) atoms. The monoisotopic (exact) mass is 1230 g/mol. The first-order valence-electron chi connectivity index (χ1n) is 30.1. The van der Waals surface area contributed by atoms with Gasteiger partial charge in [-0.2, -0.15) is 0 Å². The highest BCUT2D eigenvalue weighted by atomic mass is 19.1. The summed E-state index contributed by atoms with van der Waals surface area (Å²) in [7, 11) is 0. The SMILES string of the molecule is CC(C)c1c(C(=O)Cc2ccc(OCCOCCOCCOCCOCCOCCNC(=O)CCCCC(=O)COc3cccc4c3C(=O)N(C3CCC(=O)NC3=O)C4=O)cc2)c(-c2ccccc2)c(-c2ccc(F)cc2)n1CC[C@@H](O)C[C@@H](O)CC(=O)O. The third kappa shape index (κ3) is 20.5. The maximum absolute atomic E-state index is 14.7. The Morgan fingerprint density at radius 1 is 0.685 bits per heavy atom. The number of amides is 5. The van der Waals surface area contributed by atoms with Gasteiger partial charge in [0.05, 0.1) is 102 Å². The molecule has 3 heterocycles. The number of Topliss-reactive ketones (excluding diaryl/α,β-unsaturated/α-hetero) is 2. The minimum absolute atomic E-state index is 0.00732. The minimum atomic E-state index is -1.23. The lowest BCUT2D eigenvalue weighted by Gasteiger charge is -2.27. The van der Waals surface area contributed by atoms with E-state index in [0.717, 1.165) is 21.7 Å². The number of carboxylic acids is 1. The number of hydrogen-bond donors (Lipinski definition) is 5. The molecule has 1 aromatic heterocycles. The summed E-state index contributed by atoms with van der Waals surface area (Å²) in [5, 5.41) is 35.3. The van der Waals surface area contributed by atoms with Gasteiger partial charge >= 0.3 is 5.97 Å². The molecule has 22 nitrogen and oxygen atoms in total. The molecule has 5 N–H and O–H groups in total. The van der Waals surface area contributed by atoms with Crippen molar-refractivity contribution in [1.82, 2.24) is 20.1 Å². The van der Waals surface area contributed by atoms with Crippen molar-refractivity contribution in [2.45, 2.75) is 109 Å². The van der Waals surface area contributed by atoms with Crippen LogP contribution in [0, 0.1) is 5.82 Å². The Bertz CT molecular complexity index is 3190. The van der Waals surface area contributed by atoms with Crippen molar-refractivity contribution in [3.8, 4) is 33.9 Å². The molecule has 0 radical (unpaired) electrons. The van der Waals surface area contributed by atoms with Crippen LogP contribution in [0.5, 0.6) is 11.5 Å². The largest absolute Gasteiger partial charge is 0.491 e. The number of ketones is 2. The third-order valence-electron chi connectivity index (χ3n) is 14.7. The van der Waals surface area contributed by atoms with Crippen LogP contribution in [0.15, 0.2) is 97.1 Å². The van der Waals surface area contributed by atoms with E-state index < -0.39 is 60.1 Å². The lowest BCUT2D eigenvalue weighted by molar-refractivity contribution is -0.140. The summed E-state index contributed by atoms with van der Waals surface area (Å²) in [6, 6.07) is 26.1. The number of hydrogen-bond acceptors (Lipinski definition) is 17. The van der Waals surface area contributed by atoms with E-state index in [2.05, 4.69) is 10.6 Å². The second-order valence-corrected chi connectivity index (χ2v) is 21.8. The van der Waals surface area contributed by atoms with Crippen LogP contribution in [-0.2, 0) is 60.6 Å². The molecular formula is C66H79FN4O18. The Balaban J connectivity index is 0.700. The van der Waals surface area contributed by atoms with Crippen molar-refractivity contribution in [1.29, 1.82) is 0 Å². The maximum atomic E-state index is 14.7. The summed E-state index contributed by atoms with van der Waals surface area (Å²) >= 11 is 0. The van der Waals surface area contributed by atoms with Gasteiger partial charge in [-0.25, -0.2) is 4.39 Å². The molecule has 1 fully saturated rings. The summed E-state index contributed by atoms with van der Waals surface area (Å²) in [5.41, 5.74) is 4.85. The van der Waals surface area contributed by atoms with Gasteiger partial charge in [0.1, 0.15) is 36.6 Å². The molecule has 0 bridgehead atoms. The van der Waals surface area contributed by atoms with E-state index in [-0.39, 0.29) is 105 Å². The first kappa shape index (κ1) is 68.5. The van der Waals surface area contributed by atoms with Gasteiger partial charge in [0.25, 0.3) is 11.8 Å². The van der Waals surface area contributed by atoms with Crippen molar-refractivity contribution in [2.75, 3.05) is 85.8 Å². The van der Waals surface area contributed by atoms with E-state index in [1.807, 2.05) is 60.9 Å². The number of piperidine rings is 1. The molecule has 478 valence electrons. The van der Waals surface area contributed by atoms with Crippen molar-refractivity contribution < 1.29 is 91.2 Å². The van der Waals surface area contributed by atoms with Crippen LogP contribution in [0.25, 0.3) is 22.4 Å². The number of unbranched alkanes of at least 4 members (excludes halogenated alkanes) is 1. The second kappa shape index (κ2) is 35.2. The van der Waals surface area contributed by atoms with Crippen LogP contribution in [0.4, 0.5) is 4.39 Å². The minimum Gasteiger partial charge on any atom is -0.491 e. The molecule has 23 heteroatoms. The quantitative estimate of drug-likeness (QED) is 0.0155. The van der Waals surface area contributed by atoms with E-state index in [4.69, 9.17) is 38.3 Å². The molecule has 2 aliphatic rings. The zero-order valence-electron chi connectivity index (χ0n) is 50.3. The van der Waals surface area contributed by atoms with Gasteiger partial charge < -0.3 is 58.4 Å². The van der Waals surface area contributed by atoms with Gasteiger partial charge in [-0.05, 0) is 103 Å². The smallest absolute Gasteiger partial charge is 0.305 e. The first-order chi connectivity index (χ1) is 43.0. The van der Waals surface area contributed by atoms with Crippen molar-refractivity contribution >= 4 is 47.1 Å². The lowest BCUT2D eigenvalue weighted by atomic mass is 9.90. The van der Waals surface area contributed by atoms with Crippen molar-refractivity contribution in [3.63, 3.8) is 0 Å². The zero-order chi connectivity index (χ0) is 63.7. The number of aromatic nitrogens is 1. The normalized spacial score (nSPS) is 14.6. The first-order valence-corrected chi connectivity index (χ1v) is 30.1. The Hall–Kier alpha value is -8.03. The fourth-order valence-corrected chi connectivity index (χ4v) is 10.5. The van der Waals surface area contributed by atoms with Gasteiger partial charge in [-0.15, -0.1) is 0 Å². The molecule has 0 aliphatic carbocycles. The van der Waals surface area contributed by atoms with Gasteiger partial charge in [0.15, 0.2) is 11.6 Å². The molecule has 7 rings (SSSR count). The molecule has 0 spiro atoms. The molecule has 1 saturated heterocycles. The predicted octanol–water partition coefficient (Wildman–Crippen LogP) is 6.67. The topological polar surface area (TPSA) is 294 Å². The number of carboxylic acid groups (broad SMARTS) is 1. The van der Waals surface area contributed by atoms with Crippen LogP contribution in [0.3, 0.4) is 0 Å². The van der Waals surface area contributed by atoms with E-state index in [1.54, 1.807) is 24.3 Å². The van der Waals surface area contributed by atoms with Crippen molar-refractivity contribution in [2.24, 2.45) is 0 Å². The Morgan fingerprint density at radius 3 is 1.94 bits per heavy atom. The second-order valence-electron chi connectivity index (χ2n) is 21.8. The number of aliphatic carboxylic acids is 1. The number of ether oxygens (including phenoxy) is 7. The molecule has 0 saturated carbocycles. The molecular weight excluding hydrogens is 1160 g/mol. The maximum Gasteiger partial charge on any atom is 0.305 e. The molecule has 3 atom stereocenters. The van der Waals surface area contributed by atoms with Crippen LogP contribution in [0.1, 0.15) is 120 Å². The average Bonchev–Trinajstić information content (AvgIpc) is 1.63. The third-order valence-corrected chi connectivity index (χ3v) is 14.7. The number of fused-ring (bicyclic) bond motifs is 1. The summed E-state index contributed by atoms with van der Waals surface area (Å²) in [6.07, 6.45) is -1.39. The number of benzene rings is 4. The van der Waals surface area contributed by atoms with Gasteiger partial charge in [-0.1, -0.05) is 62.4 Å². The number of rotatable bonds is 41. The number of nitrogens with zero attached hydrogens (tertiary/aromatic N) is 2. The molecule has 4 aromatic carbocycles. The lowest BCUT2D eigenvalue weighted by Crippen LogP contribution is -2.54. The zero-order valence-corrected chi connectivity index (χ0v) is 50.3. The summed E-state index contributed by atoms with van der Waals surface area (Å²) in [5.74, 6) is -4.27. The Labute approximate surface area is 515 Å². The summed E-state index contributed by atoms with van der Waals surface area (Å²) in [4.78, 5) is 102. The highest BCUT2D eigenvalue weighted by Crippen LogP contribution is 2.43. The standard InChI is InChI=1S/C66H79FN4O18/c1-43(2)62-61(59(45-9-4-3-5-10-45)63(46-17-19-47(67)20-18-46)70(62)27-25-48(72)40-50(74)41-58(78)79)54(75)39-44-15-21-51(22-16-44)88-38-37-87-36-35-86-34-33-85-32-31-84-30-29-83-28-26-68-56(76)14-7-6-11-49(73)42-89-55-13-8-12-52-60(55)66(82)71(65(52)81)53-23-24-57(77)69-64(53)80/h3-5,8-10,12-13,15-22,43,48,50,53,72,74H,6-7,11,14,23-42H2,1-2H3,(H,68,76)(H,78,79)(H,69,77,80)/t48-,50-,53?/m1/s1. The molecule has 5 amide bonds. The van der Waals surface area contributed by atoms with Crippen LogP contribution in [-0.4, -0.2) is 176 Å². The summed E-state index contributed by atoms with van der Waals surface area (Å²) < 4.78 is 55.8. The highest BCUT2D eigenvalue weighted by Gasteiger charge is 2.46. The van der Waals surface area contributed by atoms with E-state index >= 15 is 0 Å². The van der Waals surface area contributed by atoms with E-state index in [0.29, 0.717) is 114 Å². The molecule has 2 aliphatic heterocycles. The summed E-state index contributed by atoms with van der Waals surface area (Å²) in [6.45, 7) is 7.98. The van der Waals surface area contributed by atoms with Gasteiger partial charge in [-0.3, -0.25) is 48.6 Å². The number of aliphatic hydroxyl groups excluding tert-OH is 2. The van der Waals surface area contributed by atoms with E-state index in [1.165, 1.54) is 30.3 Å². The van der Waals surface area contributed by atoms with E-state index in [9.17, 15) is 53.0 Å².